The molecule has 0 atom stereocenters. The van der Waals surface area contributed by atoms with Gasteiger partial charge in [-0.2, -0.15) is 0 Å². The molecular formula is C22H23BrF2N2O. The fraction of sp³-hybridized carbons (Fsp3) is 0.273. The maximum absolute atomic E-state index is 13.7. The van der Waals surface area contributed by atoms with Crippen LogP contribution in [0.15, 0.2) is 65.0 Å². The van der Waals surface area contributed by atoms with Crippen LogP contribution in [0.25, 0.3) is 0 Å². The van der Waals surface area contributed by atoms with Crippen LogP contribution in [0.4, 0.5) is 8.78 Å². The van der Waals surface area contributed by atoms with Crippen molar-refractivity contribution >= 4 is 15.9 Å². The van der Waals surface area contributed by atoms with Gasteiger partial charge in [0.15, 0.2) is 0 Å². The van der Waals surface area contributed by atoms with Crippen LogP contribution in [-0.2, 0) is 24.4 Å². The van der Waals surface area contributed by atoms with Crippen molar-refractivity contribution in [2.75, 3.05) is 20.6 Å². The van der Waals surface area contributed by atoms with E-state index in [0.717, 1.165) is 23.6 Å². The highest BCUT2D eigenvalue weighted by Gasteiger charge is 2.14. The van der Waals surface area contributed by atoms with Gasteiger partial charge in [0.2, 0.25) is 0 Å². The summed E-state index contributed by atoms with van der Waals surface area (Å²) in [5, 5.41) is 0. The molecule has 0 aliphatic carbocycles. The molecule has 148 valence electrons. The molecule has 0 bridgehead atoms. The third kappa shape index (κ3) is 5.66. The number of nitrogens with zero attached hydrogens (tertiary/aromatic N) is 2. The van der Waals surface area contributed by atoms with Gasteiger partial charge in [-0.15, -0.1) is 0 Å². The largest absolute Gasteiger partial charge is 0.488 e. The topological polar surface area (TPSA) is 15.7 Å². The van der Waals surface area contributed by atoms with Gasteiger partial charge in [0.1, 0.15) is 24.0 Å². The average molecular weight is 449 g/mol. The Labute approximate surface area is 173 Å². The molecule has 0 saturated heterocycles. The molecule has 0 aromatic heterocycles. The van der Waals surface area contributed by atoms with Gasteiger partial charge in [-0.1, -0.05) is 24.3 Å². The van der Waals surface area contributed by atoms with Gasteiger partial charge in [-0.3, -0.25) is 0 Å². The first-order valence-corrected chi connectivity index (χ1v) is 9.80. The second-order valence-corrected chi connectivity index (χ2v) is 8.03. The van der Waals surface area contributed by atoms with Gasteiger partial charge in [-0.05, 0) is 59.4 Å². The van der Waals surface area contributed by atoms with E-state index in [0.29, 0.717) is 17.9 Å². The van der Waals surface area contributed by atoms with Crippen molar-refractivity contribution in [3.63, 3.8) is 0 Å². The lowest BCUT2D eigenvalue weighted by molar-refractivity contribution is 0.199. The lowest BCUT2D eigenvalue weighted by Gasteiger charge is -2.25. The maximum atomic E-state index is 13.7. The molecule has 1 heterocycles. The Kier molecular flexibility index (Phi) is 6.86. The number of rotatable bonds is 7. The van der Waals surface area contributed by atoms with E-state index < -0.39 is 11.6 Å². The standard InChI is InChI=1S/C22H23BrF2N2O/c1-26(2)12-16-4-3-5-17(10-16)13-27-9-8-22(20(23)14-27)28-15-18-6-7-19(24)11-21(18)25/h3-11H,12-15H2,1-2H3. The maximum Gasteiger partial charge on any atom is 0.133 e. The van der Waals surface area contributed by atoms with Gasteiger partial charge < -0.3 is 14.5 Å². The zero-order chi connectivity index (χ0) is 20.1. The second-order valence-electron chi connectivity index (χ2n) is 7.07. The van der Waals surface area contributed by atoms with Crippen molar-refractivity contribution in [2.24, 2.45) is 0 Å². The third-order valence-electron chi connectivity index (χ3n) is 4.32. The van der Waals surface area contributed by atoms with E-state index >= 15 is 0 Å². The molecule has 0 spiro atoms. The average Bonchev–Trinajstić information content (AvgIpc) is 2.62. The molecule has 28 heavy (non-hydrogen) atoms. The first-order chi connectivity index (χ1) is 13.4. The summed E-state index contributed by atoms with van der Waals surface area (Å²) >= 11 is 3.56. The zero-order valence-electron chi connectivity index (χ0n) is 16.0. The number of halogens is 3. The number of hydrogen-bond acceptors (Lipinski definition) is 3. The fourth-order valence-corrected chi connectivity index (χ4v) is 3.60. The van der Waals surface area contributed by atoms with Gasteiger partial charge in [0, 0.05) is 30.9 Å². The van der Waals surface area contributed by atoms with Crippen molar-refractivity contribution in [1.82, 2.24) is 9.80 Å². The van der Waals surface area contributed by atoms with Crippen LogP contribution >= 0.6 is 15.9 Å². The molecule has 3 rings (SSSR count). The molecule has 0 unspecified atom stereocenters. The monoisotopic (exact) mass is 448 g/mol. The molecule has 1 aliphatic rings. The van der Waals surface area contributed by atoms with E-state index in [4.69, 9.17) is 4.74 Å². The molecule has 1 aliphatic heterocycles. The van der Waals surface area contributed by atoms with E-state index in [1.54, 1.807) is 0 Å². The van der Waals surface area contributed by atoms with Crippen LogP contribution in [-0.4, -0.2) is 30.4 Å². The highest BCUT2D eigenvalue weighted by Crippen LogP contribution is 2.24. The quantitative estimate of drug-likeness (QED) is 0.580. The Bertz CT molecular complexity index is 896. The Morgan fingerprint density at radius 1 is 1.11 bits per heavy atom. The van der Waals surface area contributed by atoms with Crippen molar-refractivity contribution in [3.8, 4) is 0 Å². The van der Waals surface area contributed by atoms with Crippen molar-refractivity contribution < 1.29 is 13.5 Å². The fourth-order valence-electron chi connectivity index (χ4n) is 3.03. The normalized spacial score (nSPS) is 14.1. The predicted octanol–water partition coefficient (Wildman–Crippen LogP) is 5.18. The number of ether oxygens (including phenoxy) is 1. The van der Waals surface area contributed by atoms with Crippen LogP contribution in [0.1, 0.15) is 16.7 Å². The molecule has 0 N–H and O–H groups in total. The zero-order valence-corrected chi connectivity index (χ0v) is 17.5. The van der Waals surface area contributed by atoms with Crippen molar-refractivity contribution in [2.45, 2.75) is 19.7 Å². The Morgan fingerprint density at radius 3 is 2.61 bits per heavy atom. The van der Waals surface area contributed by atoms with Crippen LogP contribution in [0.5, 0.6) is 0 Å². The Morgan fingerprint density at radius 2 is 1.89 bits per heavy atom. The van der Waals surface area contributed by atoms with Crippen molar-refractivity contribution in [3.05, 3.63) is 93.3 Å². The van der Waals surface area contributed by atoms with Crippen LogP contribution in [0.3, 0.4) is 0 Å². The minimum Gasteiger partial charge on any atom is -0.488 e. The van der Waals surface area contributed by atoms with Crippen LogP contribution in [0.2, 0.25) is 0 Å². The second kappa shape index (κ2) is 9.34. The SMILES string of the molecule is CN(C)Cc1cccc(CN2C=CC(OCc3ccc(F)cc3F)=C(Br)C2)c1. The van der Waals surface area contributed by atoms with E-state index in [2.05, 4.69) is 64.1 Å². The third-order valence-corrected chi connectivity index (χ3v) is 4.96. The van der Waals surface area contributed by atoms with E-state index in [9.17, 15) is 8.78 Å². The highest BCUT2D eigenvalue weighted by atomic mass is 79.9. The molecule has 3 nitrogen and oxygen atoms in total. The highest BCUT2D eigenvalue weighted by molar-refractivity contribution is 9.11. The molecule has 0 radical (unpaired) electrons. The van der Waals surface area contributed by atoms with Crippen LogP contribution < -0.4 is 0 Å². The van der Waals surface area contributed by atoms with E-state index in [1.807, 2.05) is 12.3 Å². The molecule has 0 fully saturated rings. The number of hydrogen-bond donors (Lipinski definition) is 0. The predicted molar refractivity (Wildman–Crippen MR) is 110 cm³/mol. The van der Waals surface area contributed by atoms with Gasteiger partial charge in [0.05, 0.1) is 11.0 Å². The Balaban J connectivity index is 1.58. The molecule has 2 aromatic carbocycles. The van der Waals surface area contributed by atoms with E-state index in [1.165, 1.54) is 23.3 Å². The van der Waals surface area contributed by atoms with Gasteiger partial charge >= 0.3 is 0 Å². The molecule has 0 amide bonds. The van der Waals surface area contributed by atoms with Gasteiger partial charge in [-0.25, -0.2) is 8.78 Å². The van der Waals surface area contributed by atoms with E-state index in [-0.39, 0.29) is 6.61 Å². The summed E-state index contributed by atoms with van der Waals surface area (Å²) in [4.78, 5) is 4.32. The number of benzene rings is 2. The summed E-state index contributed by atoms with van der Waals surface area (Å²) in [6.07, 6.45) is 3.83. The lowest BCUT2D eigenvalue weighted by Crippen LogP contribution is -2.22. The number of allylic oxidation sites excluding steroid dienone is 1. The summed E-state index contributed by atoms with van der Waals surface area (Å²) in [5.41, 5.74) is 2.84. The minimum atomic E-state index is -0.601. The first-order valence-electron chi connectivity index (χ1n) is 9.01. The summed E-state index contributed by atoms with van der Waals surface area (Å²) in [5.74, 6) is -0.540. The Hall–Kier alpha value is -2.18. The summed E-state index contributed by atoms with van der Waals surface area (Å²) < 4.78 is 33.3. The van der Waals surface area contributed by atoms with Crippen LogP contribution in [0, 0.1) is 11.6 Å². The summed E-state index contributed by atoms with van der Waals surface area (Å²) in [6, 6.07) is 12.0. The van der Waals surface area contributed by atoms with Gasteiger partial charge in [0.25, 0.3) is 0 Å². The molecular weight excluding hydrogens is 426 g/mol. The summed E-state index contributed by atoms with van der Waals surface area (Å²) in [7, 11) is 4.11. The minimum absolute atomic E-state index is 0.0491. The molecule has 6 heteroatoms. The smallest absolute Gasteiger partial charge is 0.133 e. The lowest BCUT2D eigenvalue weighted by atomic mass is 10.1. The van der Waals surface area contributed by atoms with Crippen molar-refractivity contribution in [1.29, 1.82) is 0 Å². The first kappa shape index (κ1) is 20.6. The molecule has 0 saturated carbocycles. The summed E-state index contributed by atoms with van der Waals surface area (Å²) in [6.45, 7) is 2.40. The molecule has 2 aromatic rings.